The summed E-state index contributed by atoms with van der Waals surface area (Å²) in [4.78, 5) is 12.5. The number of hydrogen-bond donors (Lipinski definition) is 0. The zero-order valence-electron chi connectivity index (χ0n) is 10.5. The summed E-state index contributed by atoms with van der Waals surface area (Å²) >= 11 is 0. The number of pyridine rings is 1. The molecule has 1 aliphatic carbocycles. The number of Topliss-reactive ketones (excluding diaryl/α,β-unsaturated/α-hetero) is 1. The van der Waals surface area contributed by atoms with Crippen LogP contribution in [0.5, 0.6) is 0 Å². The van der Waals surface area contributed by atoms with Gasteiger partial charge in [-0.2, -0.15) is 4.57 Å². The van der Waals surface area contributed by atoms with Gasteiger partial charge in [0.25, 0.3) is 0 Å². The molecule has 0 amide bonds. The van der Waals surface area contributed by atoms with Crippen molar-refractivity contribution in [1.29, 1.82) is 0 Å². The van der Waals surface area contributed by atoms with Crippen LogP contribution in [0, 0.1) is 6.92 Å². The van der Waals surface area contributed by atoms with E-state index in [4.69, 9.17) is 0 Å². The van der Waals surface area contributed by atoms with Gasteiger partial charge in [-0.3, -0.25) is 4.79 Å². The monoisotopic (exact) mass is 238 g/mol. The Morgan fingerprint density at radius 3 is 2.72 bits per heavy atom. The number of aryl methyl sites for hydroxylation is 2. The summed E-state index contributed by atoms with van der Waals surface area (Å²) in [5, 5.41) is 0. The molecule has 0 spiro atoms. The first-order chi connectivity index (χ1) is 8.77. The van der Waals surface area contributed by atoms with Gasteiger partial charge in [0.15, 0.2) is 11.9 Å². The molecular formula is C16H16NO+. The third-order valence-corrected chi connectivity index (χ3v) is 3.71. The molecule has 2 aromatic rings. The van der Waals surface area contributed by atoms with E-state index in [1.165, 1.54) is 5.56 Å². The first-order valence-electron chi connectivity index (χ1n) is 6.36. The Morgan fingerprint density at radius 2 is 1.89 bits per heavy atom. The van der Waals surface area contributed by atoms with Crippen molar-refractivity contribution in [2.75, 3.05) is 0 Å². The summed E-state index contributed by atoms with van der Waals surface area (Å²) in [6.45, 7) is 2.05. The van der Waals surface area contributed by atoms with Crippen molar-refractivity contribution in [3.8, 4) is 0 Å². The first-order valence-corrected chi connectivity index (χ1v) is 6.36. The molecule has 1 unspecified atom stereocenters. The van der Waals surface area contributed by atoms with Gasteiger partial charge in [-0.1, -0.05) is 30.3 Å². The predicted molar refractivity (Wildman–Crippen MR) is 69.5 cm³/mol. The van der Waals surface area contributed by atoms with Gasteiger partial charge in [0.05, 0.1) is 0 Å². The third kappa shape index (κ3) is 1.74. The van der Waals surface area contributed by atoms with Crippen LogP contribution in [0.25, 0.3) is 0 Å². The molecule has 1 atom stereocenters. The molecule has 1 aliphatic rings. The van der Waals surface area contributed by atoms with Crippen LogP contribution in [0.3, 0.4) is 0 Å². The van der Waals surface area contributed by atoms with E-state index in [-0.39, 0.29) is 11.8 Å². The van der Waals surface area contributed by atoms with Crippen LogP contribution >= 0.6 is 0 Å². The summed E-state index contributed by atoms with van der Waals surface area (Å²) < 4.78 is 2.10. The lowest BCUT2D eigenvalue weighted by Gasteiger charge is -2.20. The number of carbonyl (C=O) groups is 1. The predicted octanol–water partition coefficient (Wildman–Crippen LogP) is 2.65. The Balaban J connectivity index is 2.03. The van der Waals surface area contributed by atoms with Crippen LogP contribution in [0.2, 0.25) is 0 Å². The fourth-order valence-corrected chi connectivity index (χ4v) is 2.74. The molecule has 0 radical (unpaired) electrons. The van der Waals surface area contributed by atoms with Crippen LogP contribution in [0.4, 0.5) is 0 Å². The highest BCUT2D eigenvalue weighted by atomic mass is 16.1. The lowest BCUT2D eigenvalue weighted by atomic mass is 9.87. The molecule has 1 heterocycles. The van der Waals surface area contributed by atoms with E-state index in [2.05, 4.69) is 10.6 Å². The molecule has 3 rings (SSSR count). The normalized spacial score (nSPS) is 18.5. The summed E-state index contributed by atoms with van der Waals surface area (Å²) in [5.41, 5.74) is 3.22. The quantitative estimate of drug-likeness (QED) is 0.700. The number of benzene rings is 1. The zero-order chi connectivity index (χ0) is 12.5. The molecule has 1 aromatic heterocycles. The highest BCUT2D eigenvalue weighted by Crippen LogP contribution is 2.25. The fraction of sp³-hybridized carbons (Fsp3) is 0.250. The van der Waals surface area contributed by atoms with Gasteiger partial charge in [0.2, 0.25) is 11.8 Å². The van der Waals surface area contributed by atoms with Gasteiger partial charge in [-0.25, -0.2) is 0 Å². The summed E-state index contributed by atoms with van der Waals surface area (Å²) in [6.07, 6.45) is 3.88. The maximum absolute atomic E-state index is 12.5. The Kier molecular flexibility index (Phi) is 2.71. The number of rotatable bonds is 1. The fourth-order valence-electron chi connectivity index (χ4n) is 2.74. The van der Waals surface area contributed by atoms with Gasteiger partial charge >= 0.3 is 0 Å². The van der Waals surface area contributed by atoms with Gasteiger partial charge in [-0.05, 0) is 12.0 Å². The molecule has 1 aromatic carbocycles. The van der Waals surface area contributed by atoms with Gasteiger partial charge in [-0.15, -0.1) is 0 Å². The number of ketones is 1. The van der Waals surface area contributed by atoms with E-state index in [1.54, 1.807) is 0 Å². The van der Waals surface area contributed by atoms with Crippen molar-refractivity contribution in [1.82, 2.24) is 0 Å². The van der Waals surface area contributed by atoms with E-state index in [0.717, 1.165) is 24.1 Å². The van der Waals surface area contributed by atoms with Crippen LogP contribution in [0.15, 0.2) is 48.7 Å². The van der Waals surface area contributed by atoms with E-state index in [0.29, 0.717) is 0 Å². The molecule has 0 bridgehead atoms. The lowest BCUT2D eigenvalue weighted by Crippen LogP contribution is -2.47. The lowest BCUT2D eigenvalue weighted by molar-refractivity contribution is -0.714. The molecule has 0 aliphatic heterocycles. The topological polar surface area (TPSA) is 20.9 Å². The highest BCUT2D eigenvalue weighted by Gasteiger charge is 2.34. The van der Waals surface area contributed by atoms with Crippen LogP contribution < -0.4 is 4.57 Å². The van der Waals surface area contributed by atoms with Crippen LogP contribution in [0.1, 0.15) is 34.1 Å². The molecule has 0 saturated heterocycles. The van der Waals surface area contributed by atoms with E-state index < -0.39 is 0 Å². The van der Waals surface area contributed by atoms with Crippen molar-refractivity contribution in [2.45, 2.75) is 25.8 Å². The minimum absolute atomic E-state index is 0.0406. The van der Waals surface area contributed by atoms with Gasteiger partial charge in [0, 0.05) is 31.0 Å². The maximum atomic E-state index is 12.5. The van der Waals surface area contributed by atoms with Gasteiger partial charge in [0.1, 0.15) is 0 Å². The van der Waals surface area contributed by atoms with Crippen molar-refractivity contribution < 1.29 is 9.36 Å². The third-order valence-electron chi connectivity index (χ3n) is 3.71. The largest absolute Gasteiger partial charge is 0.287 e. The van der Waals surface area contributed by atoms with Crippen molar-refractivity contribution in [3.05, 3.63) is 65.5 Å². The van der Waals surface area contributed by atoms with Crippen LogP contribution in [-0.4, -0.2) is 5.78 Å². The standard InChI is InChI=1S/C16H16NO/c1-12-6-4-5-11-17(12)15-10-9-13-7-2-3-8-14(13)16(15)18/h2-8,11,15H,9-10H2,1H3/q+1. The molecule has 2 heteroatoms. The van der Waals surface area contributed by atoms with E-state index in [1.807, 2.05) is 49.5 Å². The molecule has 18 heavy (non-hydrogen) atoms. The van der Waals surface area contributed by atoms with E-state index >= 15 is 0 Å². The summed E-state index contributed by atoms with van der Waals surface area (Å²) in [6, 6.07) is 14.0. The number of nitrogens with zero attached hydrogens (tertiary/aromatic N) is 1. The Labute approximate surface area is 107 Å². The summed E-state index contributed by atoms with van der Waals surface area (Å²) in [5.74, 6) is 0.246. The SMILES string of the molecule is Cc1cccc[n+]1C1CCc2ccccc2C1=O. The Bertz CT molecular complexity index is 604. The maximum Gasteiger partial charge on any atom is 0.230 e. The first kappa shape index (κ1) is 11.1. The number of aromatic nitrogens is 1. The second-order valence-electron chi connectivity index (χ2n) is 4.83. The van der Waals surface area contributed by atoms with Crippen molar-refractivity contribution >= 4 is 5.78 Å². The molecule has 0 saturated carbocycles. The highest BCUT2D eigenvalue weighted by molar-refractivity contribution is 6.00. The van der Waals surface area contributed by atoms with Crippen molar-refractivity contribution in [3.63, 3.8) is 0 Å². The van der Waals surface area contributed by atoms with Gasteiger partial charge < -0.3 is 0 Å². The molecular weight excluding hydrogens is 222 g/mol. The second kappa shape index (κ2) is 4.37. The average molecular weight is 238 g/mol. The minimum atomic E-state index is -0.0406. The summed E-state index contributed by atoms with van der Waals surface area (Å²) in [7, 11) is 0. The van der Waals surface area contributed by atoms with Crippen LogP contribution in [-0.2, 0) is 6.42 Å². The second-order valence-corrected chi connectivity index (χ2v) is 4.83. The molecule has 0 fully saturated rings. The minimum Gasteiger partial charge on any atom is -0.287 e. The molecule has 2 nitrogen and oxygen atoms in total. The Hall–Kier alpha value is -1.96. The Morgan fingerprint density at radius 1 is 1.11 bits per heavy atom. The number of carbonyl (C=O) groups excluding carboxylic acids is 1. The van der Waals surface area contributed by atoms with Crippen molar-refractivity contribution in [2.24, 2.45) is 0 Å². The molecule has 90 valence electrons. The smallest absolute Gasteiger partial charge is 0.230 e. The van der Waals surface area contributed by atoms with E-state index in [9.17, 15) is 4.79 Å². The zero-order valence-corrected chi connectivity index (χ0v) is 10.5. The number of hydrogen-bond acceptors (Lipinski definition) is 1. The average Bonchev–Trinajstić information content (AvgIpc) is 2.41. The molecule has 0 N–H and O–H groups in total. The number of fused-ring (bicyclic) bond motifs is 1.